The van der Waals surface area contributed by atoms with Gasteiger partial charge in [-0.05, 0) is 6.92 Å². The van der Waals surface area contributed by atoms with E-state index >= 15 is 0 Å². The Morgan fingerprint density at radius 2 is 1.15 bits per heavy atom. The average Bonchev–Trinajstić information content (AvgIpc) is 2.66. The van der Waals surface area contributed by atoms with Crippen LogP contribution in [0.25, 0.3) is 0 Å². The summed E-state index contributed by atoms with van der Waals surface area (Å²) >= 11 is 0. The molecule has 0 amide bonds. The predicted octanol–water partition coefficient (Wildman–Crippen LogP) is 1.66. The van der Waals surface area contributed by atoms with Gasteiger partial charge >= 0.3 is 19.8 Å². The highest BCUT2D eigenvalue weighted by Crippen LogP contribution is 2.49. The fourth-order valence-corrected chi connectivity index (χ4v) is 2.55. The van der Waals surface area contributed by atoms with E-state index in [2.05, 4.69) is 13.2 Å². The van der Waals surface area contributed by atoms with Gasteiger partial charge in [-0.15, -0.1) is 0 Å². The molecule has 0 aromatic heterocycles. The van der Waals surface area contributed by atoms with Crippen molar-refractivity contribution in [3.63, 3.8) is 0 Å². The summed E-state index contributed by atoms with van der Waals surface area (Å²) in [5.41, 5.74) is 0. The Kier molecular flexibility index (Phi) is 15.7. The summed E-state index contributed by atoms with van der Waals surface area (Å²) in [5.74, 6) is -1.07. The number of carbonyl (C=O) groups is 2. The van der Waals surface area contributed by atoms with Crippen molar-refractivity contribution in [3.05, 3.63) is 25.3 Å². The molecule has 0 saturated carbocycles. The van der Waals surface area contributed by atoms with Crippen molar-refractivity contribution in [2.45, 2.75) is 6.92 Å². The predicted molar refractivity (Wildman–Crippen MR) is 95.1 cm³/mol. The molecule has 0 atom stereocenters. The van der Waals surface area contributed by atoms with E-state index in [0.29, 0.717) is 0 Å². The Balaban J connectivity index is 3.82. The van der Waals surface area contributed by atoms with Crippen LogP contribution in [0.1, 0.15) is 6.92 Å². The second kappa shape index (κ2) is 16.6. The molecule has 0 saturated heterocycles. The Hall–Kier alpha value is -1.55. The molecule has 0 unspecified atom stereocenters. The average molecular weight is 410 g/mol. The Bertz CT molecular complexity index is 456. The molecule has 0 aliphatic heterocycles. The molecular weight excluding hydrogens is 383 g/mol. The molecular formula is C16H27O10P. The van der Waals surface area contributed by atoms with Crippen LogP contribution in [-0.2, 0) is 46.7 Å². The molecule has 10 nitrogen and oxygen atoms in total. The van der Waals surface area contributed by atoms with Crippen molar-refractivity contribution in [2.24, 2.45) is 0 Å². The Morgan fingerprint density at radius 3 is 1.52 bits per heavy atom. The van der Waals surface area contributed by atoms with Crippen molar-refractivity contribution in [1.82, 2.24) is 0 Å². The first-order chi connectivity index (χ1) is 13.0. The molecule has 0 aliphatic rings. The highest BCUT2D eigenvalue weighted by atomic mass is 31.2. The molecule has 0 N–H and O–H groups in total. The molecule has 0 radical (unpaired) electrons. The second-order valence-electron chi connectivity index (χ2n) is 4.50. The molecule has 0 heterocycles. The maximum absolute atomic E-state index is 12.3. The summed E-state index contributed by atoms with van der Waals surface area (Å²) in [6.45, 7) is 8.92. The Labute approximate surface area is 159 Å². The summed E-state index contributed by atoms with van der Waals surface area (Å²) in [6, 6.07) is 0. The lowest BCUT2D eigenvalue weighted by Crippen LogP contribution is -2.13. The van der Waals surface area contributed by atoms with Gasteiger partial charge in [-0.3, -0.25) is 13.6 Å². The van der Waals surface area contributed by atoms with E-state index in [4.69, 9.17) is 32.5 Å². The minimum absolute atomic E-state index is 0.0367. The van der Waals surface area contributed by atoms with E-state index in [1.165, 1.54) is 0 Å². The molecule has 0 aliphatic carbocycles. The topological polar surface area (TPSA) is 116 Å². The minimum atomic E-state index is -3.73. The smallest absolute Gasteiger partial charge is 0.460 e. The zero-order chi connectivity index (χ0) is 20.4. The maximum Gasteiger partial charge on any atom is 0.474 e. The lowest BCUT2D eigenvalue weighted by Gasteiger charge is -2.17. The number of hydrogen-bond acceptors (Lipinski definition) is 10. The molecule has 0 aromatic carbocycles. The fourth-order valence-electron chi connectivity index (χ4n) is 1.41. The molecule has 156 valence electrons. The summed E-state index contributed by atoms with van der Waals surface area (Å²) in [4.78, 5) is 21.6. The first-order valence-corrected chi connectivity index (χ1v) is 9.71. The summed E-state index contributed by atoms with van der Waals surface area (Å²) < 4.78 is 47.3. The van der Waals surface area contributed by atoms with E-state index in [-0.39, 0.29) is 59.5 Å². The molecule has 0 rings (SSSR count). The van der Waals surface area contributed by atoms with Gasteiger partial charge in [0.25, 0.3) is 0 Å². The van der Waals surface area contributed by atoms with Gasteiger partial charge in [0.1, 0.15) is 13.2 Å². The number of phosphoric ester groups is 1. The third kappa shape index (κ3) is 15.2. The van der Waals surface area contributed by atoms with Gasteiger partial charge in [-0.2, -0.15) is 0 Å². The maximum atomic E-state index is 12.3. The fraction of sp³-hybridized carbons (Fsp3) is 0.625. The number of ether oxygens (including phenoxy) is 4. The van der Waals surface area contributed by atoms with E-state index in [1.54, 1.807) is 6.92 Å². The largest absolute Gasteiger partial charge is 0.474 e. The molecule has 0 spiro atoms. The highest BCUT2D eigenvalue weighted by Gasteiger charge is 2.25. The number of esters is 2. The van der Waals surface area contributed by atoms with Gasteiger partial charge in [0.15, 0.2) is 0 Å². The highest BCUT2D eigenvalue weighted by molar-refractivity contribution is 7.48. The van der Waals surface area contributed by atoms with Crippen molar-refractivity contribution in [2.75, 3.05) is 59.5 Å². The standard InChI is InChI=1S/C16H27O10P/c1-4-15(17)22-11-7-20-9-13-25-27(19,24-6-3)26-14-10-21-8-12-23-16(18)5-2/h4-5H,1-2,6-14H2,3H3. The minimum Gasteiger partial charge on any atom is -0.460 e. The monoisotopic (exact) mass is 410 g/mol. The van der Waals surface area contributed by atoms with Gasteiger partial charge in [-0.25, -0.2) is 14.2 Å². The number of rotatable bonds is 18. The second-order valence-corrected chi connectivity index (χ2v) is 6.17. The van der Waals surface area contributed by atoms with Crippen molar-refractivity contribution in [3.8, 4) is 0 Å². The van der Waals surface area contributed by atoms with Crippen molar-refractivity contribution < 1.29 is 46.7 Å². The lowest BCUT2D eigenvalue weighted by atomic mass is 10.6. The van der Waals surface area contributed by atoms with Crippen LogP contribution in [0.3, 0.4) is 0 Å². The molecule has 0 bridgehead atoms. The third-order valence-corrected chi connectivity index (χ3v) is 4.09. The van der Waals surface area contributed by atoms with Crippen LogP contribution in [0.4, 0.5) is 0 Å². The van der Waals surface area contributed by atoms with Crippen LogP contribution < -0.4 is 0 Å². The quantitative estimate of drug-likeness (QED) is 0.143. The first-order valence-electron chi connectivity index (χ1n) is 8.25. The van der Waals surface area contributed by atoms with E-state index in [9.17, 15) is 14.2 Å². The van der Waals surface area contributed by atoms with Crippen LogP contribution >= 0.6 is 7.82 Å². The summed E-state index contributed by atoms with van der Waals surface area (Å²) in [7, 11) is -3.73. The van der Waals surface area contributed by atoms with Crippen molar-refractivity contribution in [1.29, 1.82) is 0 Å². The van der Waals surface area contributed by atoms with Crippen LogP contribution in [0.2, 0.25) is 0 Å². The summed E-state index contributed by atoms with van der Waals surface area (Å²) in [6.07, 6.45) is 2.10. The van der Waals surface area contributed by atoms with E-state index < -0.39 is 19.8 Å². The number of hydrogen-bond donors (Lipinski definition) is 0. The van der Waals surface area contributed by atoms with Crippen LogP contribution in [0, 0.1) is 0 Å². The Morgan fingerprint density at radius 1 is 0.741 bits per heavy atom. The van der Waals surface area contributed by atoms with Gasteiger partial charge < -0.3 is 18.9 Å². The number of carbonyl (C=O) groups excluding carboxylic acids is 2. The van der Waals surface area contributed by atoms with Gasteiger partial charge in [-0.1, -0.05) is 13.2 Å². The van der Waals surface area contributed by atoms with E-state index in [1.807, 2.05) is 0 Å². The van der Waals surface area contributed by atoms with Crippen molar-refractivity contribution >= 4 is 19.8 Å². The van der Waals surface area contributed by atoms with Gasteiger partial charge in [0.05, 0.1) is 46.2 Å². The van der Waals surface area contributed by atoms with Crippen LogP contribution in [0.15, 0.2) is 25.3 Å². The van der Waals surface area contributed by atoms with Gasteiger partial charge in [0.2, 0.25) is 0 Å². The molecule has 11 heteroatoms. The van der Waals surface area contributed by atoms with E-state index in [0.717, 1.165) is 12.2 Å². The molecule has 27 heavy (non-hydrogen) atoms. The van der Waals surface area contributed by atoms with Gasteiger partial charge in [0, 0.05) is 12.2 Å². The zero-order valence-corrected chi connectivity index (χ0v) is 16.4. The van der Waals surface area contributed by atoms with Crippen LogP contribution in [0.5, 0.6) is 0 Å². The first kappa shape index (κ1) is 25.4. The summed E-state index contributed by atoms with van der Waals surface area (Å²) in [5, 5.41) is 0. The lowest BCUT2D eigenvalue weighted by molar-refractivity contribution is -0.140. The van der Waals surface area contributed by atoms with Crippen LogP contribution in [-0.4, -0.2) is 71.4 Å². The molecule has 0 aromatic rings. The third-order valence-electron chi connectivity index (χ3n) is 2.52. The normalized spacial score (nSPS) is 11.0. The zero-order valence-electron chi connectivity index (χ0n) is 15.5. The molecule has 0 fully saturated rings. The SMILES string of the molecule is C=CC(=O)OCCOCCOP(=O)(OCC)OCCOCCOC(=O)C=C. The number of phosphoric acid groups is 1.